The number of hydrogen-bond acceptors (Lipinski definition) is 6. The van der Waals surface area contributed by atoms with E-state index < -0.39 is 0 Å². The highest BCUT2D eigenvalue weighted by Crippen LogP contribution is 2.12. The number of nitrogens with zero attached hydrogens (tertiary/aromatic N) is 3. The first-order valence-corrected chi connectivity index (χ1v) is 8.78. The van der Waals surface area contributed by atoms with Crippen LogP contribution in [-0.2, 0) is 4.79 Å². The van der Waals surface area contributed by atoms with Gasteiger partial charge in [0.1, 0.15) is 5.76 Å². The van der Waals surface area contributed by atoms with Crippen LogP contribution in [0.2, 0.25) is 0 Å². The van der Waals surface area contributed by atoms with Crippen molar-refractivity contribution in [3.8, 4) is 0 Å². The largest absolute Gasteiger partial charge is 0.362 e. The van der Waals surface area contributed by atoms with Crippen LogP contribution >= 0.6 is 0 Å². The maximum absolute atomic E-state index is 12.5. The van der Waals surface area contributed by atoms with E-state index in [2.05, 4.69) is 25.3 Å². The fraction of sp³-hybridized carbons (Fsp3) is 0.500. The van der Waals surface area contributed by atoms with Crippen LogP contribution in [0, 0.1) is 20.8 Å². The number of ketones is 1. The molecule has 0 bridgehead atoms. The molecule has 1 saturated heterocycles. The number of rotatable bonds is 6. The number of aromatic amines is 1. The molecule has 3 heterocycles. The van der Waals surface area contributed by atoms with E-state index in [1.165, 1.54) is 0 Å². The molecule has 140 valence electrons. The summed E-state index contributed by atoms with van der Waals surface area (Å²) in [6, 6.07) is 3.59. The van der Waals surface area contributed by atoms with Crippen molar-refractivity contribution < 1.29 is 14.1 Å². The highest BCUT2D eigenvalue weighted by atomic mass is 16.5. The molecule has 0 saturated carbocycles. The summed E-state index contributed by atoms with van der Waals surface area (Å²) >= 11 is 0. The SMILES string of the molecule is Cc1cc(C(=O)CN2CCN(CC(=O)Nc3cc(C)on3)CC2)c(C)[nH]1. The molecule has 0 spiro atoms. The lowest BCUT2D eigenvalue weighted by Crippen LogP contribution is -2.49. The molecule has 1 amide bonds. The first kappa shape index (κ1) is 18.3. The van der Waals surface area contributed by atoms with E-state index in [1.807, 2.05) is 19.9 Å². The molecule has 0 aliphatic carbocycles. The molecular formula is C18H25N5O3. The predicted octanol–water partition coefficient (Wildman–Crippen LogP) is 1.37. The molecule has 0 unspecified atom stereocenters. The molecule has 3 rings (SSSR count). The number of carbonyl (C=O) groups excluding carboxylic acids is 2. The van der Waals surface area contributed by atoms with Gasteiger partial charge < -0.3 is 14.8 Å². The smallest absolute Gasteiger partial charge is 0.239 e. The van der Waals surface area contributed by atoms with Gasteiger partial charge in [0, 0.05) is 49.2 Å². The lowest BCUT2D eigenvalue weighted by Gasteiger charge is -2.33. The van der Waals surface area contributed by atoms with Gasteiger partial charge in [0.25, 0.3) is 0 Å². The lowest BCUT2D eigenvalue weighted by atomic mass is 10.1. The lowest BCUT2D eigenvalue weighted by molar-refractivity contribution is -0.117. The van der Waals surface area contributed by atoms with E-state index in [0.29, 0.717) is 24.7 Å². The van der Waals surface area contributed by atoms with E-state index in [4.69, 9.17) is 4.52 Å². The third kappa shape index (κ3) is 4.59. The van der Waals surface area contributed by atoms with Crippen molar-refractivity contribution in [2.45, 2.75) is 20.8 Å². The average Bonchev–Trinajstić information content (AvgIpc) is 3.14. The molecule has 1 aliphatic heterocycles. The molecule has 2 aromatic heterocycles. The third-order valence-electron chi connectivity index (χ3n) is 4.54. The first-order chi connectivity index (χ1) is 12.4. The summed E-state index contributed by atoms with van der Waals surface area (Å²) < 4.78 is 4.93. The molecule has 2 N–H and O–H groups in total. The number of aromatic nitrogens is 2. The fourth-order valence-corrected chi connectivity index (χ4v) is 3.22. The van der Waals surface area contributed by atoms with Crippen molar-refractivity contribution in [1.82, 2.24) is 19.9 Å². The number of anilines is 1. The fourth-order valence-electron chi connectivity index (χ4n) is 3.22. The Morgan fingerprint density at radius 1 is 1.12 bits per heavy atom. The van der Waals surface area contributed by atoms with Gasteiger partial charge in [-0.1, -0.05) is 5.16 Å². The van der Waals surface area contributed by atoms with Crippen molar-refractivity contribution in [3.05, 3.63) is 34.8 Å². The van der Waals surface area contributed by atoms with Gasteiger partial charge >= 0.3 is 0 Å². The van der Waals surface area contributed by atoms with Crippen molar-refractivity contribution in [1.29, 1.82) is 0 Å². The Bertz CT molecular complexity index is 787. The second kappa shape index (κ2) is 7.84. The van der Waals surface area contributed by atoms with E-state index in [-0.39, 0.29) is 11.7 Å². The Labute approximate surface area is 152 Å². The van der Waals surface area contributed by atoms with Gasteiger partial charge in [-0.15, -0.1) is 0 Å². The van der Waals surface area contributed by atoms with Crippen molar-refractivity contribution in [2.75, 3.05) is 44.6 Å². The van der Waals surface area contributed by atoms with Crippen molar-refractivity contribution in [3.63, 3.8) is 0 Å². The minimum Gasteiger partial charge on any atom is -0.362 e. The minimum absolute atomic E-state index is 0.110. The summed E-state index contributed by atoms with van der Waals surface area (Å²) in [5.74, 6) is 1.13. The Kier molecular flexibility index (Phi) is 5.53. The summed E-state index contributed by atoms with van der Waals surface area (Å²) in [5.41, 5.74) is 2.70. The topological polar surface area (TPSA) is 94.5 Å². The van der Waals surface area contributed by atoms with Gasteiger partial charge in [0.15, 0.2) is 11.6 Å². The standard InChI is InChI=1S/C18H25N5O3/c1-12-8-15(14(3)19-12)16(24)10-22-4-6-23(7-5-22)11-18(25)20-17-9-13(2)26-21-17/h8-9,19H,4-7,10-11H2,1-3H3,(H,20,21,25). The normalized spacial score (nSPS) is 16.0. The van der Waals surface area contributed by atoms with Crippen molar-refractivity contribution >= 4 is 17.5 Å². The Morgan fingerprint density at radius 2 is 1.77 bits per heavy atom. The molecule has 26 heavy (non-hydrogen) atoms. The first-order valence-electron chi connectivity index (χ1n) is 8.78. The molecular weight excluding hydrogens is 334 g/mol. The monoisotopic (exact) mass is 359 g/mol. The molecule has 1 fully saturated rings. The van der Waals surface area contributed by atoms with Crippen LogP contribution in [0.3, 0.4) is 0 Å². The summed E-state index contributed by atoms with van der Waals surface area (Å²) in [4.78, 5) is 31.9. The zero-order valence-corrected chi connectivity index (χ0v) is 15.5. The number of amides is 1. The zero-order chi connectivity index (χ0) is 18.7. The van der Waals surface area contributed by atoms with E-state index in [9.17, 15) is 9.59 Å². The molecule has 0 radical (unpaired) electrons. The van der Waals surface area contributed by atoms with Crippen LogP contribution < -0.4 is 5.32 Å². The second-order valence-electron chi connectivity index (χ2n) is 6.84. The van der Waals surface area contributed by atoms with Crippen LogP contribution in [-0.4, -0.2) is 70.9 Å². The zero-order valence-electron chi connectivity index (χ0n) is 15.5. The van der Waals surface area contributed by atoms with Crippen LogP contribution in [0.25, 0.3) is 0 Å². The highest BCUT2D eigenvalue weighted by molar-refractivity contribution is 5.98. The highest BCUT2D eigenvalue weighted by Gasteiger charge is 2.22. The van der Waals surface area contributed by atoms with Crippen molar-refractivity contribution in [2.24, 2.45) is 0 Å². The minimum atomic E-state index is -0.110. The van der Waals surface area contributed by atoms with E-state index in [0.717, 1.165) is 43.1 Å². The summed E-state index contributed by atoms with van der Waals surface area (Å²) in [5, 5.41) is 6.48. The Hall–Kier alpha value is -2.45. The number of carbonyl (C=O) groups is 2. The summed E-state index contributed by atoms with van der Waals surface area (Å²) in [6.45, 7) is 9.42. The van der Waals surface area contributed by atoms with Gasteiger partial charge in [0.05, 0.1) is 13.1 Å². The molecule has 8 heteroatoms. The predicted molar refractivity (Wildman–Crippen MR) is 97.3 cm³/mol. The van der Waals surface area contributed by atoms with E-state index >= 15 is 0 Å². The second-order valence-corrected chi connectivity index (χ2v) is 6.84. The number of aryl methyl sites for hydroxylation is 3. The van der Waals surface area contributed by atoms with Gasteiger partial charge in [-0.3, -0.25) is 19.4 Å². The van der Waals surface area contributed by atoms with Gasteiger partial charge in [-0.2, -0.15) is 0 Å². The van der Waals surface area contributed by atoms with Crippen LogP contribution in [0.15, 0.2) is 16.7 Å². The maximum atomic E-state index is 12.5. The number of hydrogen-bond donors (Lipinski definition) is 2. The molecule has 1 aliphatic rings. The van der Waals surface area contributed by atoms with Crippen LogP contribution in [0.1, 0.15) is 27.5 Å². The third-order valence-corrected chi connectivity index (χ3v) is 4.54. The van der Waals surface area contributed by atoms with E-state index in [1.54, 1.807) is 13.0 Å². The maximum Gasteiger partial charge on any atom is 0.239 e. The van der Waals surface area contributed by atoms with Gasteiger partial charge in [-0.05, 0) is 26.8 Å². The van der Waals surface area contributed by atoms with Gasteiger partial charge in [-0.25, -0.2) is 0 Å². The molecule has 2 aromatic rings. The number of Topliss-reactive ketones (excluding diaryl/α,β-unsaturated/α-hetero) is 1. The summed E-state index contributed by atoms with van der Waals surface area (Å²) in [7, 11) is 0. The number of piperazine rings is 1. The average molecular weight is 359 g/mol. The molecule has 8 nitrogen and oxygen atoms in total. The number of H-pyrrole nitrogens is 1. The summed E-state index contributed by atoms with van der Waals surface area (Å²) in [6.07, 6.45) is 0. The number of nitrogens with one attached hydrogen (secondary N) is 2. The van der Waals surface area contributed by atoms with Crippen LogP contribution in [0.4, 0.5) is 5.82 Å². The quantitative estimate of drug-likeness (QED) is 0.757. The van der Waals surface area contributed by atoms with Gasteiger partial charge in [0.2, 0.25) is 5.91 Å². The van der Waals surface area contributed by atoms with Crippen LogP contribution in [0.5, 0.6) is 0 Å². The Balaban J connectivity index is 1.43. The molecule has 0 aromatic carbocycles. The Morgan fingerprint density at radius 3 is 2.31 bits per heavy atom. The molecule has 0 atom stereocenters.